The maximum absolute atomic E-state index is 13.9. The molecule has 0 aliphatic heterocycles. The summed E-state index contributed by atoms with van der Waals surface area (Å²) in [6.07, 6.45) is 0.841. The topological polar surface area (TPSA) is 9.23 Å². The van der Waals surface area contributed by atoms with Gasteiger partial charge in [-0.1, -0.05) is 40.2 Å². The molecule has 0 saturated heterocycles. The Morgan fingerprint density at radius 1 is 1.10 bits per heavy atom. The van der Waals surface area contributed by atoms with E-state index in [9.17, 15) is 8.78 Å². The molecule has 0 aromatic heterocycles. The lowest BCUT2D eigenvalue weighted by molar-refractivity contribution is 0.202. The zero-order valence-electron chi connectivity index (χ0n) is 12.0. The van der Waals surface area contributed by atoms with Crippen molar-refractivity contribution in [3.8, 4) is 0 Å². The highest BCUT2D eigenvalue weighted by molar-refractivity contribution is 9.09. The van der Waals surface area contributed by atoms with Crippen LogP contribution in [-0.4, -0.2) is 13.7 Å². The van der Waals surface area contributed by atoms with Crippen LogP contribution in [-0.2, 0) is 11.2 Å². The van der Waals surface area contributed by atoms with E-state index in [0.29, 0.717) is 17.7 Å². The van der Waals surface area contributed by atoms with Crippen LogP contribution in [0.25, 0.3) is 0 Å². The van der Waals surface area contributed by atoms with Gasteiger partial charge in [-0.15, -0.1) is 0 Å². The van der Waals surface area contributed by atoms with Crippen LogP contribution in [0.5, 0.6) is 0 Å². The van der Waals surface area contributed by atoms with Crippen LogP contribution < -0.4 is 0 Å². The first-order valence-electron chi connectivity index (χ1n) is 6.70. The number of halogens is 3. The van der Waals surface area contributed by atoms with Crippen LogP contribution in [0, 0.1) is 18.6 Å². The average molecular weight is 355 g/mol. The van der Waals surface area contributed by atoms with E-state index < -0.39 is 11.6 Å². The highest BCUT2D eigenvalue weighted by Gasteiger charge is 2.17. The Balaban J connectivity index is 2.23. The Morgan fingerprint density at radius 3 is 2.38 bits per heavy atom. The van der Waals surface area contributed by atoms with Crippen molar-refractivity contribution in [3.63, 3.8) is 0 Å². The number of hydrogen-bond acceptors (Lipinski definition) is 1. The summed E-state index contributed by atoms with van der Waals surface area (Å²) in [5.41, 5.74) is 2.98. The summed E-state index contributed by atoms with van der Waals surface area (Å²) in [6, 6.07) is 10.4. The van der Waals surface area contributed by atoms with Crippen molar-refractivity contribution >= 4 is 15.9 Å². The summed E-state index contributed by atoms with van der Waals surface area (Å²) in [4.78, 5) is -0.298. The molecular weight excluding hydrogens is 338 g/mol. The lowest BCUT2D eigenvalue weighted by Gasteiger charge is -2.14. The molecule has 2 rings (SSSR count). The van der Waals surface area contributed by atoms with Crippen molar-refractivity contribution in [1.82, 2.24) is 0 Å². The number of aryl methyl sites for hydroxylation is 1. The quantitative estimate of drug-likeness (QED) is 0.690. The van der Waals surface area contributed by atoms with E-state index in [1.165, 1.54) is 0 Å². The molecule has 0 N–H and O–H groups in total. The molecule has 1 nitrogen and oxygen atoms in total. The van der Waals surface area contributed by atoms with Gasteiger partial charge in [0.1, 0.15) is 11.6 Å². The van der Waals surface area contributed by atoms with E-state index in [4.69, 9.17) is 4.74 Å². The van der Waals surface area contributed by atoms with Crippen LogP contribution in [0.2, 0.25) is 0 Å². The molecule has 2 aromatic rings. The highest BCUT2D eigenvalue weighted by Crippen LogP contribution is 2.33. The number of benzene rings is 2. The average Bonchev–Trinajstić information content (AvgIpc) is 2.48. The number of rotatable bonds is 5. The summed E-state index contributed by atoms with van der Waals surface area (Å²) >= 11 is 3.49. The first-order chi connectivity index (χ1) is 10.0. The molecule has 112 valence electrons. The molecule has 1 unspecified atom stereocenters. The molecule has 21 heavy (non-hydrogen) atoms. The second kappa shape index (κ2) is 7.14. The van der Waals surface area contributed by atoms with Gasteiger partial charge in [-0.2, -0.15) is 0 Å². The Morgan fingerprint density at radius 2 is 1.76 bits per heavy atom. The third kappa shape index (κ3) is 3.89. The summed E-state index contributed by atoms with van der Waals surface area (Å²) in [6.45, 7) is 2.30. The standard InChI is InChI=1S/C17H17BrF2O/c1-11-9-14(16(20)10-15(11)19)17(18)13-5-3-12(4-6-13)7-8-21-2/h3-6,9-10,17H,7-8H2,1-2H3. The van der Waals surface area contributed by atoms with Gasteiger partial charge in [0.15, 0.2) is 0 Å². The fraction of sp³-hybridized carbons (Fsp3) is 0.294. The van der Waals surface area contributed by atoms with Crippen molar-refractivity contribution in [2.75, 3.05) is 13.7 Å². The van der Waals surface area contributed by atoms with Gasteiger partial charge in [0.05, 0.1) is 11.4 Å². The zero-order valence-corrected chi connectivity index (χ0v) is 13.6. The first kappa shape index (κ1) is 16.1. The fourth-order valence-corrected chi connectivity index (χ4v) is 2.78. The molecule has 0 radical (unpaired) electrons. The minimum absolute atomic E-state index is 0.298. The molecule has 0 heterocycles. The molecule has 4 heteroatoms. The first-order valence-corrected chi connectivity index (χ1v) is 7.62. The molecule has 0 bridgehead atoms. The maximum atomic E-state index is 13.9. The van der Waals surface area contributed by atoms with Gasteiger partial charge in [0.2, 0.25) is 0 Å². The Hall–Kier alpha value is -1.26. The Bertz CT molecular complexity index is 611. The van der Waals surface area contributed by atoms with Crippen LogP contribution in [0.4, 0.5) is 8.78 Å². The molecular formula is C17H17BrF2O. The summed E-state index contributed by atoms with van der Waals surface area (Å²) in [5, 5.41) is 0. The molecule has 2 aromatic carbocycles. The smallest absolute Gasteiger partial charge is 0.130 e. The van der Waals surface area contributed by atoms with Crippen molar-refractivity contribution in [2.24, 2.45) is 0 Å². The van der Waals surface area contributed by atoms with Gasteiger partial charge in [0.25, 0.3) is 0 Å². The number of methoxy groups -OCH3 is 1. The molecule has 0 saturated carbocycles. The van der Waals surface area contributed by atoms with Crippen molar-refractivity contribution in [2.45, 2.75) is 18.2 Å². The number of alkyl halides is 1. The highest BCUT2D eigenvalue weighted by atomic mass is 79.9. The predicted molar refractivity (Wildman–Crippen MR) is 83.9 cm³/mol. The van der Waals surface area contributed by atoms with Crippen LogP contribution in [0.3, 0.4) is 0 Å². The lowest BCUT2D eigenvalue weighted by atomic mass is 10.0. The lowest BCUT2D eigenvalue weighted by Crippen LogP contribution is -2.00. The summed E-state index contributed by atoms with van der Waals surface area (Å²) in [5.74, 6) is -1.06. The van der Waals surface area contributed by atoms with Crippen LogP contribution in [0.1, 0.15) is 27.1 Å². The van der Waals surface area contributed by atoms with E-state index in [1.54, 1.807) is 20.1 Å². The van der Waals surface area contributed by atoms with E-state index in [2.05, 4.69) is 15.9 Å². The van der Waals surface area contributed by atoms with Crippen molar-refractivity contribution in [3.05, 3.63) is 70.3 Å². The van der Waals surface area contributed by atoms with E-state index in [0.717, 1.165) is 23.6 Å². The minimum Gasteiger partial charge on any atom is -0.384 e. The van der Waals surface area contributed by atoms with Crippen molar-refractivity contribution in [1.29, 1.82) is 0 Å². The zero-order chi connectivity index (χ0) is 15.4. The minimum atomic E-state index is -0.538. The molecule has 0 fully saturated rings. The maximum Gasteiger partial charge on any atom is 0.130 e. The monoisotopic (exact) mass is 354 g/mol. The van der Waals surface area contributed by atoms with Gasteiger partial charge < -0.3 is 4.74 Å². The van der Waals surface area contributed by atoms with Gasteiger partial charge in [0, 0.05) is 18.7 Å². The Labute approximate surface area is 132 Å². The van der Waals surface area contributed by atoms with Gasteiger partial charge >= 0.3 is 0 Å². The third-order valence-electron chi connectivity index (χ3n) is 3.42. The predicted octanol–water partition coefficient (Wildman–Crippen LogP) is 4.95. The molecule has 0 aliphatic carbocycles. The van der Waals surface area contributed by atoms with E-state index >= 15 is 0 Å². The largest absolute Gasteiger partial charge is 0.384 e. The second-order valence-electron chi connectivity index (χ2n) is 4.97. The normalized spacial score (nSPS) is 12.4. The number of ether oxygens (including phenoxy) is 1. The fourth-order valence-electron chi connectivity index (χ4n) is 2.13. The molecule has 1 atom stereocenters. The molecule has 0 spiro atoms. The SMILES string of the molecule is COCCc1ccc(C(Br)c2cc(C)c(F)cc2F)cc1. The van der Waals surface area contributed by atoms with Gasteiger partial charge in [-0.05, 0) is 36.1 Å². The van der Waals surface area contributed by atoms with Crippen LogP contribution in [0.15, 0.2) is 36.4 Å². The Kier molecular flexibility index (Phi) is 5.48. The third-order valence-corrected chi connectivity index (χ3v) is 4.44. The van der Waals surface area contributed by atoms with E-state index in [-0.39, 0.29) is 4.83 Å². The number of hydrogen-bond donors (Lipinski definition) is 0. The van der Waals surface area contributed by atoms with E-state index in [1.807, 2.05) is 24.3 Å². The van der Waals surface area contributed by atoms with Gasteiger partial charge in [-0.3, -0.25) is 0 Å². The van der Waals surface area contributed by atoms with Gasteiger partial charge in [-0.25, -0.2) is 8.78 Å². The van der Waals surface area contributed by atoms with Crippen molar-refractivity contribution < 1.29 is 13.5 Å². The second-order valence-corrected chi connectivity index (χ2v) is 5.89. The summed E-state index contributed by atoms with van der Waals surface area (Å²) in [7, 11) is 1.67. The molecule has 0 aliphatic rings. The van der Waals surface area contributed by atoms with Crippen LogP contribution >= 0.6 is 15.9 Å². The molecule has 0 amide bonds. The summed E-state index contributed by atoms with van der Waals surface area (Å²) < 4.78 is 32.3.